The second-order valence-corrected chi connectivity index (χ2v) is 8.57. The molecule has 2 aromatic heterocycles. The van der Waals surface area contributed by atoms with E-state index < -0.39 is 0 Å². The highest BCUT2D eigenvalue weighted by Gasteiger charge is 2.30. The van der Waals surface area contributed by atoms with Crippen LogP contribution in [0.1, 0.15) is 30.1 Å². The smallest absolute Gasteiger partial charge is 0.350 e. The van der Waals surface area contributed by atoms with Crippen molar-refractivity contribution in [3.63, 3.8) is 0 Å². The predicted molar refractivity (Wildman–Crippen MR) is 124 cm³/mol. The quantitative estimate of drug-likeness (QED) is 0.501. The number of piperidine rings is 1. The van der Waals surface area contributed by atoms with Crippen molar-refractivity contribution in [2.24, 2.45) is 14.1 Å². The Morgan fingerprint density at radius 2 is 1.81 bits per heavy atom. The van der Waals surface area contributed by atoms with Gasteiger partial charge in [0.2, 0.25) is 5.91 Å². The lowest BCUT2D eigenvalue weighted by Gasteiger charge is -2.32. The summed E-state index contributed by atoms with van der Waals surface area (Å²) >= 11 is 0. The van der Waals surface area contributed by atoms with Crippen molar-refractivity contribution in [2.45, 2.75) is 25.2 Å². The molecule has 7 heteroatoms. The van der Waals surface area contributed by atoms with Gasteiger partial charge in [0.1, 0.15) is 5.82 Å². The fourth-order valence-electron chi connectivity index (χ4n) is 4.82. The monoisotopic (exact) mass is 429 g/mol. The van der Waals surface area contributed by atoms with Crippen LogP contribution in [0.3, 0.4) is 0 Å². The molecule has 0 radical (unpaired) electrons. The van der Waals surface area contributed by atoms with Gasteiger partial charge in [0.25, 0.3) is 0 Å². The number of nitrogens with zero attached hydrogens (tertiary/aromatic N) is 5. The number of para-hydroxylation sites is 2. The van der Waals surface area contributed by atoms with Gasteiger partial charge in [-0.15, -0.1) is 0 Å². The van der Waals surface area contributed by atoms with Crippen LogP contribution in [0.15, 0.2) is 65.6 Å². The molecule has 3 heterocycles. The molecule has 0 spiro atoms. The van der Waals surface area contributed by atoms with Crippen LogP contribution in [0.2, 0.25) is 0 Å². The van der Waals surface area contributed by atoms with Crippen molar-refractivity contribution in [1.29, 1.82) is 0 Å². The summed E-state index contributed by atoms with van der Waals surface area (Å²) in [7, 11) is 3.69. The Kier molecular flexibility index (Phi) is 5.17. The summed E-state index contributed by atoms with van der Waals surface area (Å²) in [4.78, 5) is 28.0. The number of rotatable bonds is 4. The van der Waals surface area contributed by atoms with Crippen LogP contribution in [0, 0.1) is 0 Å². The molecule has 5 rings (SSSR count). The molecular weight excluding hydrogens is 402 g/mol. The second-order valence-electron chi connectivity index (χ2n) is 8.57. The van der Waals surface area contributed by atoms with Gasteiger partial charge in [-0.25, -0.2) is 14.0 Å². The third-order valence-corrected chi connectivity index (χ3v) is 6.42. The van der Waals surface area contributed by atoms with E-state index in [-0.39, 0.29) is 17.5 Å². The van der Waals surface area contributed by atoms with E-state index in [1.165, 1.54) is 4.68 Å². The summed E-state index contributed by atoms with van der Waals surface area (Å²) in [6.45, 7) is 1.31. The maximum absolute atomic E-state index is 13.2. The van der Waals surface area contributed by atoms with Crippen LogP contribution < -0.4 is 5.69 Å². The molecule has 164 valence electrons. The molecule has 32 heavy (non-hydrogen) atoms. The van der Waals surface area contributed by atoms with Gasteiger partial charge in [-0.2, -0.15) is 5.10 Å². The third-order valence-electron chi connectivity index (χ3n) is 6.42. The van der Waals surface area contributed by atoms with Crippen molar-refractivity contribution in [1.82, 2.24) is 23.8 Å². The minimum absolute atomic E-state index is 0.0225. The van der Waals surface area contributed by atoms with Crippen LogP contribution >= 0.6 is 0 Å². The van der Waals surface area contributed by atoms with Gasteiger partial charge in [0.15, 0.2) is 0 Å². The first-order chi connectivity index (χ1) is 15.5. The van der Waals surface area contributed by atoms with Gasteiger partial charge in [-0.1, -0.05) is 36.4 Å². The normalized spacial score (nSPS) is 16.6. The standard InChI is InChI=1S/C25H27N5O2/c1-27-16-19(21-12-6-7-13-22(21)27)15-23(31)29-14-8-9-18(17-29)24-26-28(2)25(32)30(24)20-10-4-3-5-11-20/h3-7,10-13,16,18H,8-9,14-15,17H2,1-2H3. The fourth-order valence-corrected chi connectivity index (χ4v) is 4.82. The molecule has 1 atom stereocenters. The molecule has 0 saturated carbocycles. The highest BCUT2D eigenvalue weighted by Crippen LogP contribution is 2.28. The van der Waals surface area contributed by atoms with E-state index in [2.05, 4.69) is 28.0 Å². The molecule has 1 amide bonds. The fraction of sp³-hybridized carbons (Fsp3) is 0.320. The average Bonchev–Trinajstić information content (AvgIpc) is 3.30. The number of aromatic nitrogens is 4. The number of benzene rings is 2. The zero-order valence-corrected chi connectivity index (χ0v) is 18.4. The van der Waals surface area contributed by atoms with E-state index in [0.29, 0.717) is 13.0 Å². The number of fused-ring (bicyclic) bond motifs is 1. The highest BCUT2D eigenvalue weighted by atomic mass is 16.2. The van der Waals surface area contributed by atoms with Crippen molar-refractivity contribution in [3.05, 3.63) is 82.7 Å². The molecule has 1 saturated heterocycles. The lowest BCUT2D eigenvalue weighted by molar-refractivity contribution is -0.131. The predicted octanol–water partition coefficient (Wildman–Crippen LogP) is 3.01. The molecule has 4 aromatic rings. The number of carbonyl (C=O) groups is 1. The van der Waals surface area contributed by atoms with E-state index in [9.17, 15) is 9.59 Å². The van der Waals surface area contributed by atoms with Crippen LogP contribution in [0.25, 0.3) is 16.6 Å². The SMILES string of the molecule is Cn1nc(C2CCCN(C(=O)Cc3cn(C)c4ccccc34)C2)n(-c2ccccc2)c1=O. The molecule has 1 aliphatic heterocycles. The number of likely N-dealkylation sites (tertiary alicyclic amines) is 1. The van der Waals surface area contributed by atoms with Crippen LogP contribution in [0.5, 0.6) is 0 Å². The lowest BCUT2D eigenvalue weighted by atomic mass is 9.96. The summed E-state index contributed by atoms with van der Waals surface area (Å²) in [6, 6.07) is 17.8. The molecule has 0 aliphatic carbocycles. The number of hydrogen-bond donors (Lipinski definition) is 0. The van der Waals surface area contributed by atoms with E-state index in [1.54, 1.807) is 11.6 Å². The summed E-state index contributed by atoms with van der Waals surface area (Å²) in [5, 5.41) is 5.68. The zero-order valence-electron chi connectivity index (χ0n) is 18.4. The molecule has 0 N–H and O–H groups in total. The maximum Gasteiger partial charge on any atom is 0.350 e. The minimum Gasteiger partial charge on any atom is -0.350 e. The summed E-state index contributed by atoms with van der Waals surface area (Å²) in [5.74, 6) is 0.872. The van der Waals surface area contributed by atoms with Gasteiger partial charge in [-0.05, 0) is 36.6 Å². The van der Waals surface area contributed by atoms with Gasteiger partial charge in [0, 0.05) is 50.2 Å². The summed E-state index contributed by atoms with van der Waals surface area (Å²) in [5.41, 5.74) is 2.83. The first kappa shape index (κ1) is 20.3. The van der Waals surface area contributed by atoms with Gasteiger partial charge < -0.3 is 9.47 Å². The van der Waals surface area contributed by atoms with Crippen molar-refractivity contribution in [2.75, 3.05) is 13.1 Å². The van der Waals surface area contributed by atoms with Crippen LogP contribution in [0.4, 0.5) is 0 Å². The number of hydrogen-bond acceptors (Lipinski definition) is 3. The Hall–Kier alpha value is -3.61. The van der Waals surface area contributed by atoms with E-state index in [4.69, 9.17) is 0 Å². The van der Waals surface area contributed by atoms with Gasteiger partial charge in [0.05, 0.1) is 12.1 Å². The van der Waals surface area contributed by atoms with Crippen LogP contribution in [-0.4, -0.2) is 42.8 Å². The van der Waals surface area contributed by atoms with Crippen molar-refractivity contribution < 1.29 is 4.79 Å². The van der Waals surface area contributed by atoms with Crippen LogP contribution in [-0.2, 0) is 25.3 Å². The first-order valence-electron chi connectivity index (χ1n) is 11.0. The van der Waals surface area contributed by atoms with E-state index >= 15 is 0 Å². The number of amides is 1. The Bertz CT molecular complexity index is 1330. The Labute approximate surface area is 186 Å². The molecule has 1 unspecified atom stereocenters. The molecular formula is C25H27N5O2. The number of carbonyl (C=O) groups excluding carboxylic acids is 1. The maximum atomic E-state index is 13.2. The van der Waals surface area contributed by atoms with Crippen molar-refractivity contribution >= 4 is 16.8 Å². The molecule has 1 fully saturated rings. The first-order valence-corrected chi connectivity index (χ1v) is 11.0. The van der Waals surface area contributed by atoms with E-state index in [1.807, 2.05) is 54.4 Å². The summed E-state index contributed by atoms with van der Waals surface area (Å²) in [6.07, 6.45) is 4.23. The Morgan fingerprint density at radius 1 is 1.06 bits per heavy atom. The number of aryl methyl sites for hydroxylation is 2. The third kappa shape index (κ3) is 3.53. The molecule has 0 bridgehead atoms. The topological polar surface area (TPSA) is 65.1 Å². The molecule has 2 aromatic carbocycles. The van der Waals surface area contributed by atoms with Gasteiger partial charge in [-0.3, -0.25) is 4.79 Å². The highest BCUT2D eigenvalue weighted by molar-refractivity contribution is 5.89. The second kappa shape index (κ2) is 8.15. The van der Waals surface area contributed by atoms with Gasteiger partial charge >= 0.3 is 5.69 Å². The average molecular weight is 430 g/mol. The minimum atomic E-state index is -0.162. The molecule has 7 nitrogen and oxygen atoms in total. The Balaban J connectivity index is 1.40. The van der Waals surface area contributed by atoms with E-state index in [0.717, 1.165) is 47.4 Å². The van der Waals surface area contributed by atoms with Crippen molar-refractivity contribution in [3.8, 4) is 5.69 Å². The zero-order chi connectivity index (χ0) is 22.2. The molecule has 1 aliphatic rings. The lowest BCUT2D eigenvalue weighted by Crippen LogP contribution is -2.40. The Morgan fingerprint density at radius 3 is 2.62 bits per heavy atom. The largest absolute Gasteiger partial charge is 0.350 e. The summed E-state index contributed by atoms with van der Waals surface area (Å²) < 4.78 is 5.14.